The minimum Gasteiger partial charge on any atom is -0.206 e. The van der Waals surface area contributed by atoms with Crippen molar-refractivity contribution in [1.29, 1.82) is 0 Å². The van der Waals surface area contributed by atoms with Gasteiger partial charge in [0.15, 0.2) is 0 Å². The fourth-order valence-corrected chi connectivity index (χ4v) is 2.45. The maximum absolute atomic E-state index is 13.0. The normalized spacial score (nSPS) is 10.5. The van der Waals surface area contributed by atoms with Gasteiger partial charge in [-0.2, -0.15) is 0 Å². The van der Waals surface area contributed by atoms with Crippen LogP contribution < -0.4 is 0 Å². The van der Waals surface area contributed by atoms with Crippen LogP contribution in [0.5, 0.6) is 0 Å². The van der Waals surface area contributed by atoms with Crippen molar-refractivity contribution in [1.82, 2.24) is 0 Å². The molecule has 0 N–H and O–H groups in total. The molecule has 0 saturated heterocycles. The van der Waals surface area contributed by atoms with Gasteiger partial charge in [0.25, 0.3) is 0 Å². The zero-order valence-corrected chi connectivity index (χ0v) is 10.2. The Labute approximate surface area is 108 Å². The van der Waals surface area contributed by atoms with Crippen molar-refractivity contribution in [2.24, 2.45) is 0 Å². The average molecular weight is 275 g/mol. The summed E-state index contributed by atoms with van der Waals surface area (Å²) in [5.74, 6) is -0.459. The average Bonchev–Trinajstić information content (AvgIpc) is 2.15. The summed E-state index contributed by atoms with van der Waals surface area (Å²) in [6, 6.07) is 10.0. The molecule has 2 aromatic rings. The first-order chi connectivity index (χ1) is 7.58. The number of hydrogen-bond acceptors (Lipinski definition) is 0. The van der Waals surface area contributed by atoms with Crippen molar-refractivity contribution in [3.63, 3.8) is 0 Å². The van der Waals surface area contributed by atoms with Crippen molar-refractivity contribution in [2.75, 3.05) is 0 Å². The summed E-state index contributed by atoms with van der Waals surface area (Å²) in [6.45, 7) is 0. The largest absolute Gasteiger partial charge is 0.206 e. The Morgan fingerprint density at radius 3 is 2.19 bits per heavy atom. The van der Waals surface area contributed by atoms with Gasteiger partial charge in [0, 0.05) is 16.7 Å². The summed E-state index contributed by atoms with van der Waals surface area (Å²) in [5.41, 5.74) is 1.17. The lowest BCUT2D eigenvalue weighted by Gasteiger charge is -2.07. The van der Waals surface area contributed by atoms with Gasteiger partial charge in [-0.1, -0.05) is 46.9 Å². The SMILES string of the molecule is Fc1[c]ccc(-c2c(Cl)cc(Cl)cc2Cl)c1. The van der Waals surface area contributed by atoms with Crippen LogP contribution in [-0.4, -0.2) is 0 Å². The zero-order chi connectivity index (χ0) is 11.7. The molecule has 0 aliphatic heterocycles. The summed E-state index contributed by atoms with van der Waals surface area (Å²) in [6.07, 6.45) is 0. The maximum Gasteiger partial charge on any atom is 0.131 e. The Morgan fingerprint density at radius 1 is 1.00 bits per heavy atom. The molecule has 0 atom stereocenters. The Balaban J connectivity index is 2.64. The highest BCUT2D eigenvalue weighted by Crippen LogP contribution is 2.37. The van der Waals surface area contributed by atoms with Gasteiger partial charge in [-0.15, -0.1) is 0 Å². The number of rotatable bonds is 1. The van der Waals surface area contributed by atoms with Crippen molar-refractivity contribution in [3.8, 4) is 11.1 Å². The highest BCUT2D eigenvalue weighted by atomic mass is 35.5. The second-order valence-electron chi connectivity index (χ2n) is 3.17. The molecule has 0 aliphatic rings. The maximum atomic E-state index is 13.0. The molecule has 0 unspecified atom stereocenters. The smallest absolute Gasteiger partial charge is 0.131 e. The van der Waals surface area contributed by atoms with Crippen LogP contribution in [0.4, 0.5) is 4.39 Å². The van der Waals surface area contributed by atoms with Crippen LogP contribution in [0.2, 0.25) is 15.1 Å². The molecule has 0 aromatic heterocycles. The molecular formula is C12H5Cl3F. The molecule has 2 aromatic carbocycles. The molecule has 0 spiro atoms. The van der Waals surface area contributed by atoms with Crippen LogP contribution in [-0.2, 0) is 0 Å². The molecule has 2 rings (SSSR count). The van der Waals surface area contributed by atoms with Crippen molar-refractivity contribution in [3.05, 3.63) is 57.3 Å². The van der Waals surface area contributed by atoms with E-state index in [9.17, 15) is 4.39 Å². The standard InChI is InChI=1S/C12H5Cl3F/c13-8-5-10(14)12(11(15)6-8)7-2-1-3-9(16)4-7/h1-2,4-6H. The lowest BCUT2D eigenvalue weighted by Crippen LogP contribution is -1.84. The Hall–Kier alpha value is -0.760. The molecule has 1 radical (unpaired) electrons. The van der Waals surface area contributed by atoms with Crippen LogP contribution in [0.15, 0.2) is 30.3 Å². The van der Waals surface area contributed by atoms with E-state index in [1.54, 1.807) is 18.2 Å². The van der Waals surface area contributed by atoms with E-state index in [2.05, 4.69) is 6.07 Å². The van der Waals surface area contributed by atoms with Gasteiger partial charge in [-0.3, -0.25) is 0 Å². The first-order valence-electron chi connectivity index (χ1n) is 4.40. The van der Waals surface area contributed by atoms with Crippen LogP contribution >= 0.6 is 34.8 Å². The summed E-state index contributed by atoms with van der Waals surface area (Å²) >= 11 is 17.8. The van der Waals surface area contributed by atoms with E-state index in [0.717, 1.165) is 0 Å². The fourth-order valence-electron chi connectivity index (χ4n) is 1.41. The predicted molar refractivity (Wildman–Crippen MR) is 65.7 cm³/mol. The van der Waals surface area contributed by atoms with E-state index >= 15 is 0 Å². The van der Waals surface area contributed by atoms with Crippen molar-refractivity contribution in [2.45, 2.75) is 0 Å². The third-order valence-corrected chi connectivity index (χ3v) is 2.88. The van der Waals surface area contributed by atoms with E-state index < -0.39 is 5.82 Å². The van der Waals surface area contributed by atoms with E-state index in [0.29, 0.717) is 26.2 Å². The lowest BCUT2D eigenvalue weighted by molar-refractivity contribution is 0.626. The van der Waals surface area contributed by atoms with Crippen molar-refractivity contribution >= 4 is 34.8 Å². The van der Waals surface area contributed by atoms with Gasteiger partial charge in [-0.25, -0.2) is 4.39 Å². The van der Waals surface area contributed by atoms with Gasteiger partial charge in [0.05, 0.1) is 10.0 Å². The van der Waals surface area contributed by atoms with E-state index in [1.165, 1.54) is 12.1 Å². The van der Waals surface area contributed by atoms with Gasteiger partial charge in [0.2, 0.25) is 0 Å². The molecule has 0 amide bonds. The third kappa shape index (κ3) is 2.32. The Kier molecular flexibility index (Phi) is 3.38. The quantitative estimate of drug-likeness (QED) is 0.666. The van der Waals surface area contributed by atoms with Gasteiger partial charge in [0.1, 0.15) is 5.82 Å². The van der Waals surface area contributed by atoms with E-state index in [4.69, 9.17) is 34.8 Å². The van der Waals surface area contributed by atoms with Crippen LogP contribution in [0.1, 0.15) is 0 Å². The summed E-state index contributed by atoms with van der Waals surface area (Å²) < 4.78 is 13.0. The molecule has 0 nitrogen and oxygen atoms in total. The first kappa shape index (κ1) is 11.7. The van der Waals surface area contributed by atoms with Crippen molar-refractivity contribution < 1.29 is 4.39 Å². The minimum absolute atomic E-state index is 0.392. The van der Waals surface area contributed by atoms with Gasteiger partial charge in [-0.05, 0) is 23.8 Å². The van der Waals surface area contributed by atoms with Crippen LogP contribution in [0, 0.1) is 11.9 Å². The monoisotopic (exact) mass is 273 g/mol. The summed E-state index contributed by atoms with van der Waals surface area (Å²) in [4.78, 5) is 0. The lowest BCUT2D eigenvalue weighted by atomic mass is 10.1. The minimum atomic E-state index is -0.459. The van der Waals surface area contributed by atoms with Gasteiger partial charge >= 0.3 is 0 Å². The molecule has 16 heavy (non-hydrogen) atoms. The fraction of sp³-hybridized carbons (Fsp3) is 0. The molecule has 0 saturated carbocycles. The second kappa shape index (κ2) is 4.62. The first-order valence-corrected chi connectivity index (χ1v) is 5.53. The molecule has 81 valence electrons. The topological polar surface area (TPSA) is 0 Å². The van der Waals surface area contributed by atoms with Gasteiger partial charge < -0.3 is 0 Å². The molecule has 0 heterocycles. The third-order valence-electron chi connectivity index (χ3n) is 2.06. The molecule has 0 aliphatic carbocycles. The highest BCUT2D eigenvalue weighted by Gasteiger charge is 2.10. The Bertz CT molecular complexity index is 515. The second-order valence-corrected chi connectivity index (χ2v) is 4.42. The predicted octanol–water partition coefficient (Wildman–Crippen LogP) is 5.25. The summed E-state index contributed by atoms with van der Waals surface area (Å²) in [7, 11) is 0. The zero-order valence-electron chi connectivity index (χ0n) is 7.90. The van der Waals surface area contributed by atoms with Crippen LogP contribution in [0.25, 0.3) is 11.1 Å². The summed E-state index contributed by atoms with van der Waals surface area (Å²) in [5, 5.41) is 1.23. The Morgan fingerprint density at radius 2 is 1.62 bits per heavy atom. The number of benzene rings is 2. The van der Waals surface area contributed by atoms with E-state index in [-0.39, 0.29) is 0 Å². The van der Waals surface area contributed by atoms with E-state index in [1.807, 2.05) is 0 Å². The molecule has 0 fully saturated rings. The molecular weight excluding hydrogens is 269 g/mol. The number of hydrogen-bond donors (Lipinski definition) is 0. The highest BCUT2D eigenvalue weighted by molar-refractivity contribution is 6.41. The number of halogens is 4. The molecule has 4 heteroatoms. The van der Waals surface area contributed by atoms with Crippen LogP contribution in [0.3, 0.4) is 0 Å². The molecule has 0 bridgehead atoms.